The quantitative estimate of drug-likeness (QED) is 0.559. The van der Waals surface area contributed by atoms with E-state index in [-0.39, 0.29) is 5.92 Å². The second kappa shape index (κ2) is 8.30. The van der Waals surface area contributed by atoms with E-state index in [9.17, 15) is 9.59 Å². The second-order valence-corrected chi connectivity index (χ2v) is 5.62. The van der Waals surface area contributed by atoms with Gasteiger partial charge >= 0.3 is 11.9 Å². The van der Waals surface area contributed by atoms with E-state index in [1.807, 2.05) is 30.5 Å². The molecular weight excluding hydrogens is 298 g/mol. The van der Waals surface area contributed by atoms with Gasteiger partial charge in [-0.2, -0.15) is 0 Å². The molecule has 1 aromatic carbocycles. The zero-order chi connectivity index (χ0) is 17.6. The van der Waals surface area contributed by atoms with Crippen molar-refractivity contribution in [2.45, 2.75) is 32.4 Å². The molecule has 1 aromatic heterocycles. The Morgan fingerprint density at radius 3 is 2.22 bits per heavy atom. The highest BCUT2D eigenvalue weighted by molar-refractivity contribution is 5.84. The van der Waals surface area contributed by atoms with Crippen molar-refractivity contribution < 1.29 is 19.8 Å². The molecule has 7 nitrogen and oxygen atoms in total. The maximum Gasteiger partial charge on any atom is 0.320 e. The number of hydrogen-bond acceptors (Lipinski definition) is 4. The van der Waals surface area contributed by atoms with Crippen molar-refractivity contribution in [3.63, 3.8) is 0 Å². The van der Waals surface area contributed by atoms with Crippen molar-refractivity contribution in [3.8, 4) is 0 Å². The van der Waals surface area contributed by atoms with Crippen LogP contribution < -0.4 is 11.5 Å². The van der Waals surface area contributed by atoms with E-state index in [4.69, 9.17) is 21.7 Å². The van der Waals surface area contributed by atoms with Crippen LogP contribution in [0.5, 0.6) is 0 Å². The average molecular weight is 321 g/mol. The minimum absolute atomic E-state index is 0.0208. The van der Waals surface area contributed by atoms with Crippen LogP contribution >= 0.6 is 0 Å². The highest BCUT2D eigenvalue weighted by atomic mass is 16.4. The number of nitrogens with two attached hydrogens (primary N) is 2. The molecule has 2 rings (SSSR count). The Labute approximate surface area is 134 Å². The predicted molar refractivity (Wildman–Crippen MR) is 88.1 cm³/mol. The van der Waals surface area contributed by atoms with Crippen LogP contribution in [0.3, 0.4) is 0 Å². The number of aromatic amines is 1. The molecule has 23 heavy (non-hydrogen) atoms. The van der Waals surface area contributed by atoms with Crippen molar-refractivity contribution in [1.29, 1.82) is 0 Å². The summed E-state index contributed by atoms with van der Waals surface area (Å²) in [4.78, 5) is 23.7. The molecule has 2 aromatic rings. The van der Waals surface area contributed by atoms with Crippen LogP contribution in [0, 0.1) is 5.92 Å². The molecule has 126 valence electrons. The summed E-state index contributed by atoms with van der Waals surface area (Å²) in [5, 5.41) is 18.0. The van der Waals surface area contributed by atoms with Gasteiger partial charge in [-0.3, -0.25) is 9.59 Å². The molecule has 2 atom stereocenters. The molecule has 0 saturated heterocycles. The van der Waals surface area contributed by atoms with Crippen molar-refractivity contribution in [1.82, 2.24) is 4.98 Å². The van der Waals surface area contributed by atoms with E-state index >= 15 is 0 Å². The average Bonchev–Trinajstić information content (AvgIpc) is 2.90. The monoisotopic (exact) mass is 321 g/mol. The van der Waals surface area contributed by atoms with Gasteiger partial charge in [0.15, 0.2) is 0 Å². The molecule has 0 saturated carbocycles. The fourth-order valence-electron chi connectivity index (χ4n) is 1.91. The molecule has 0 aliphatic rings. The first-order valence-corrected chi connectivity index (χ1v) is 7.25. The van der Waals surface area contributed by atoms with Gasteiger partial charge in [0.25, 0.3) is 0 Å². The summed E-state index contributed by atoms with van der Waals surface area (Å²) < 4.78 is 0. The molecule has 7 heteroatoms. The van der Waals surface area contributed by atoms with Crippen LogP contribution in [-0.4, -0.2) is 39.2 Å². The number of benzene rings is 1. The summed E-state index contributed by atoms with van der Waals surface area (Å²) in [6.45, 7) is 3.55. The van der Waals surface area contributed by atoms with E-state index in [1.54, 1.807) is 13.8 Å². The van der Waals surface area contributed by atoms with Gasteiger partial charge < -0.3 is 26.7 Å². The third kappa shape index (κ3) is 5.39. The lowest BCUT2D eigenvalue weighted by atomic mass is 10.1. The van der Waals surface area contributed by atoms with Gasteiger partial charge in [-0.15, -0.1) is 0 Å². The summed E-state index contributed by atoms with van der Waals surface area (Å²) in [5.74, 6) is -1.88. The topological polar surface area (TPSA) is 142 Å². The Kier molecular flexibility index (Phi) is 6.74. The number of rotatable bonds is 5. The minimum atomic E-state index is -0.972. The van der Waals surface area contributed by atoms with Crippen molar-refractivity contribution in [3.05, 3.63) is 36.0 Å². The molecule has 0 aliphatic heterocycles. The lowest BCUT2D eigenvalue weighted by molar-refractivity contribution is -0.140. The van der Waals surface area contributed by atoms with Gasteiger partial charge in [-0.25, -0.2) is 0 Å². The first kappa shape index (κ1) is 18.7. The van der Waals surface area contributed by atoms with Crippen molar-refractivity contribution in [2.24, 2.45) is 17.4 Å². The fourth-order valence-corrected chi connectivity index (χ4v) is 1.91. The molecule has 0 spiro atoms. The van der Waals surface area contributed by atoms with E-state index in [2.05, 4.69) is 4.98 Å². The summed E-state index contributed by atoms with van der Waals surface area (Å²) in [6.07, 6.45) is 2.16. The molecule has 0 radical (unpaired) electrons. The Bertz CT molecular complexity index is 666. The van der Waals surface area contributed by atoms with Gasteiger partial charge in [0, 0.05) is 23.5 Å². The number of nitrogens with one attached hydrogen (secondary N) is 1. The molecular formula is C16H23N3O4. The SMILES string of the molecule is CC(C)[C@H](N)C(=O)O.N[C@@H](Cc1c[nH]c2ccccc12)C(=O)O. The summed E-state index contributed by atoms with van der Waals surface area (Å²) in [7, 11) is 0. The maximum atomic E-state index is 10.6. The molecule has 7 N–H and O–H groups in total. The Balaban J connectivity index is 0.000000284. The van der Waals surface area contributed by atoms with Crippen LogP contribution in [0.2, 0.25) is 0 Å². The zero-order valence-electron chi connectivity index (χ0n) is 13.2. The van der Waals surface area contributed by atoms with Gasteiger partial charge in [-0.05, 0) is 17.5 Å². The normalized spacial score (nSPS) is 13.3. The highest BCUT2D eigenvalue weighted by Crippen LogP contribution is 2.18. The Hall–Kier alpha value is -2.38. The van der Waals surface area contributed by atoms with Crippen LogP contribution in [0.1, 0.15) is 19.4 Å². The fraction of sp³-hybridized carbons (Fsp3) is 0.375. The summed E-state index contributed by atoms with van der Waals surface area (Å²) in [6, 6.07) is 6.20. The van der Waals surface area contributed by atoms with Crippen LogP contribution in [0.4, 0.5) is 0 Å². The molecule has 0 fully saturated rings. The lowest BCUT2D eigenvalue weighted by Crippen LogP contribution is -2.34. The number of aromatic nitrogens is 1. The zero-order valence-corrected chi connectivity index (χ0v) is 13.2. The van der Waals surface area contributed by atoms with Gasteiger partial charge in [0.05, 0.1) is 0 Å². The number of carboxylic acids is 2. The summed E-state index contributed by atoms with van der Waals surface area (Å²) in [5.41, 5.74) is 12.6. The number of fused-ring (bicyclic) bond motifs is 1. The number of aliphatic carboxylic acids is 2. The highest BCUT2D eigenvalue weighted by Gasteiger charge is 2.15. The minimum Gasteiger partial charge on any atom is -0.480 e. The van der Waals surface area contributed by atoms with Gasteiger partial charge in [0.2, 0.25) is 0 Å². The van der Waals surface area contributed by atoms with Crippen LogP contribution in [0.25, 0.3) is 10.9 Å². The van der Waals surface area contributed by atoms with E-state index in [0.717, 1.165) is 16.5 Å². The molecule has 0 aliphatic carbocycles. The van der Waals surface area contributed by atoms with Crippen LogP contribution in [0.15, 0.2) is 30.5 Å². The van der Waals surface area contributed by atoms with Crippen molar-refractivity contribution >= 4 is 22.8 Å². The molecule has 1 heterocycles. The first-order valence-electron chi connectivity index (χ1n) is 7.25. The van der Waals surface area contributed by atoms with Crippen LogP contribution in [-0.2, 0) is 16.0 Å². The third-order valence-electron chi connectivity index (χ3n) is 3.44. The van der Waals surface area contributed by atoms with Gasteiger partial charge in [-0.1, -0.05) is 32.0 Å². The number of para-hydroxylation sites is 1. The van der Waals surface area contributed by atoms with E-state index in [1.165, 1.54) is 0 Å². The second-order valence-electron chi connectivity index (χ2n) is 5.62. The molecule has 0 unspecified atom stereocenters. The summed E-state index contributed by atoms with van der Waals surface area (Å²) >= 11 is 0. The van der Waals surface area contributed by atoms with E-state index < -0.39 is 24.0 Å². The Morgan fingerprint density at radius 1 is 1.13 bits per heavy atom. The Morgan fingerprint density at radius 2 is 1.74 bits per heavy atom. The molecule has 0 bridgehead atoms. The standard InChI is InChI=1S/C11H12N2O2.C5H11NO2/c12-9(11(14)15)5-7-6-13-10-4-2-1-3-8(7)10;1-3(2)4(6)5(7)8/h1-4,6,9,13H,5,12H2,(H,14,15);3-4H,6H2,1-2H3,(H,7,8)/t9-;4-/m00/s1. The van der Waals surface area contributed by atoms with E-state index in [0.29, 0.717) is 6.42 Å². The van der Waals surface area contributed by atoms with Crippen molar-refractivity contribution in [2.75, 3.05) is 0 Å². The number of hydrogen-bond donors (Lipinski definition) is 5. The molecule has 0 amide bonds. The maximum absolute atomic E-state index is 10.6. The van der Waals surface area contributed by atoms with Gasteiger partial charge in [0.1, 0.15) is 12.1 Å². The largest absolute Gasteiger partial charge is 0.480 e. The first-order chi connectivity index (χ1) is 10.7. The smallest absolute Gasteiger partial charge is 0.320 e. The lowest BCUT2D eigenvalue weighted by Gasteiger charge is -2.07. The number of carboxylic acid groups (broad SMARTS) is 2. The number of carbonyl (C=O) groups is 2. The number of H-pyrrole nitrogens is 1. The predicted octanol–water partition coefficient (Wildman–Crippen LogP) is 1.18. The third-order valence-corrected chi connectivity index (χ3v) is 3.44.